The van der Waals surface area contributed by atoms with Crippen molar-refractivity contribution in [3.8, 4) is 55.6 Å². The molecular formula is C70H50N2. The van der Waals surface area contributed by atoms with Crippen LogP contribution in [0, 0.1) is 0 Å². The lowest BCUT2D eigenvalue weighted by atomic mass is 9.69. The molecule has 0 aromatic heterocycles. The molecule has 11 aromatic carbocycles. The maximum atomic E-state index is 2.59. The minimum atomic E-state index is -0.641. The number of fused-ring (bicyclic) bond motifs is 13. The number of benzene rings is 11. The van der Waals surface area contributed by atoms with Crippen molar-refractivity contribution in [2.75, 3.05) is 9.80 Å². The maximum absolute atomic E-state index is 2.59. The highest BCUT2D eigenvalue weighted by Gasteiger charge is 2.54. The summed E-state index contributed by atoms with van der Waals surface area (Å²) in [5, 5.41) is 0. The molecule has 11 aromatic rings. The second kappa shape index (κ2) is 16.3. The summed E-state index contributed by atoms with van der Waals surface area (Å²) >= 11 is 0. The highest BCUT2D eigenvalue weighted by molar-refractivity contribution is 6.04. The predicted molar refractivity (Wildman–Crippen MR) is 301 cm³/mol. The molecule has 3 aliphatic carbocycles. The summed E-state index contributed by atoms with van der Waals surface area (Å²) in [5.41, 5.74) is 26.3. The zero-order chi connectivity index (χ0) is 48.0. The Morgan fingerprint density at radius 1 is 0.250 bits per heavy atom. The van der Waals surface area contributed by atoms with Crippen LogP contribution in [0.25, 0.3) is 55.6 Å². The minimum Gasteiger partial charge on any atom is -0.310 e. The van der Waals surface area contributed by atoms with Gasteiger partial charge in [-0.05, 0) is 156 Å². The fourth-order valence-corrected chi connectivity index (χ4v) is 12.6. The van der Waals surface area contributed by atoms with Crippen LogP contribution in [0.15, 0.2) is 267 Å². The van der Waals surface area contributed by atoms with E-state index >= 15 is 0 Å². The molecule has 1 unspecified atom stereocenters. The van der Waals surface area contributed by atoms with Crippen LogP contribution in [-0.4, -0.2) is 0 Å². The van der Waals surface area contributed by atoms with Crippen LogP contribution in [0.4, 0.5) is 34.1 Å². The lowest BCUT2D eigenvalue weighted by Gasteiger charge is -2.35. The fraction of sp³-hybridized carbons (Fsp3) is 0.0571. The number of para-hydroxylation sites is 2. The van der Waals surface area contributed by atoms with Gasteiger partial charge in [-0.2, -0.15) is 0 Å². The molecule has 3 aliphatic rings. The van der Waals surface area contributed by atoms with Crippen molar-refractivity contribution < 1.29 is 0 Å². The van der Waals surface area contributed by atoms with Crippen molar-refractivity contribution in [2.24, 2.45) is 0 Å². The van der Waals surface area contributed by atoms with E-state index in [0.29, 0.717) is 0 Å². The molecule has 0 aliphatic heterocycles. The third-order valence-electron chi connectivity index (χ3n) is 15.8. The van der Waals surface area contributed by atoms with Gasteiger partial charge in [0.1, 0.15) is 0 Å². The molecule has 340 valence electrons. The molecule has 0 radical (unpaired) electrons. The van der Waals surface area contributed by atoms with Crippen molar-refractivity contribution in [1.29, 1.82) is 0 Å². The molecule has 1 spiro atoms. The Morgan fingerprint density at radius 3 is 1.21 bits per heavy atom. The van der Waals surface area contributed by atoms with E-state index in [0.717, 1.165) is 34.1 Å². The lowest BCUT2D eigenvalue weighted by molar-refractivity contribution is 0.660. The van der Waals surface area contributed by atoms with E-state index in [1.807, 2.05) is 0 Å². The molecule has 0 N–H and O–H groups in total. The summed E-state index contributed by atoms with van der Waals surface area (Å²) in [4.78, 5) is 4.96. The molecule has 0 heterocycles. The molecule has 0 amide bonds. The summed E-state index contributed by atoms with van der Waals surface area (Å²) < 4.78 is 0. The van der Waals surface area contributed by atoms with Gasteiger partial charge in [-0.1, -0.05) is 208 Å². The maximum Gasteiger partial charge on any atom is 0.0727 e. The summed E-state index contributed by atoms with van der Waals surface area (Å²) in [6, 6.07) is 99.1. The number of anilines is 6. The second-order valence-electron chi connectivity index (χ2n) is 20.0. The molecule has 14 rings (SSSR count). The third-order valence-corrected chi connectivity index (χ3v) is 15.8. The van der Waals surface area contributed by atoms with Crippen molar-refractivity contribution in [1.82, 2.24) is 0 Å². The standard InChI is InChI=1S/C70H50N2/c1-69(2)61-32-18-15-29-56(61)59-46-65-60(45-64(59)69)57-30-16-19-33-62(57)70(65)63-34-20-17-31-58(63)68-66(70)43-55(71(51-25-11-5-12-26-51)53-39-35-49(36-40-53)47-21-7-3-8-22-47)44-67(68)72(52-27-13-6-14-28-52)54-41-37-50(38-42-54)48-23-9-4-10-24-48/h3-46H,1-2H3. The molecule has 0 bridgehead atoms. The van der Waals surface area contributed by atoms with Gasteiger partial charge in [-0.3, -0.25) is 0 Å². The van der Waals surface area contributed by atoms with E-state index in [9.17, 15) is 0 Å². The van der Waals surface area contributed by atoms with Crippen LogP contribution in [0.5, 0.6) is 0 Å². The fourth-order valence-electron chi connectivity index (χ4n) is 12.6. The van der Waals surface area contributed by atoms with Gasteiger partial charge in [0.25, 0.3) is 0 Å². The number of nitrogens with zero attached hydrogens (tertiary/aromatic N) is 2. The zero-order valence-electron chi connectivity index (χ0n) is 40.3. The van der Waals surface area contributed by atoms with Crippen LogP contribution in [0.3, 0.4) is 0 Å². The highest BCUT2D eigenvalue weighted by Crippen LogP contribution is 2.67. The van der Waals surface area contributed by atoms with E-state index in [-0.39, 0.29) is 5.41 Å². The van der Waals surface area contributed by atoms with Gasteiger partial charge in [0.15, 0.2) is 0 Å². The first-order valence-corrected chi connectivity index (χ1v) is 25.2. The first kappa shape index (κ1) is 41.9. The Kier molecular flexibility index (Phi) is 9.50. The van der Waals surface area contributed by atoms with E-state index in [4.69, 9.17) is 0 Å². The summed E-state index contributed by atoms with van der Waals surface area (Å²) in [6.07, 6.45) is 0. The Bertz CT molecular complexity index is 3860. The molecule has 2 nitrogen and oxygen atoms in total. The van der Waals surface area contributed by atoms with Crippen LogP contribution in [0.1, 0.15) is 47.2 Å². The first-order chi connectivity index (χ1) is 35.5. The van der Waals surface area contributed by atoms with E-state index < -0.39 is 5.41 Å². The summed E-state index contributed by atoms with van der Waals surface area (Å²) in [5.74, 6) is 0. The molecule has 0 saturated heterocycles. The van der Waals surface area contributed by atoms with Crippen LogP contribution >= 0.6 is 0 Å². The van der Waals surface area contributed by atoms with Crippen LogP contribution in [-0.2, 0) is 10.8 Å². The van der Waals surface area contributed by atoms with Gasteiger partial charge in [0, 0.05) is 39.4 Å². The van der Waals surface area contributed by atoms with Crippen molar-refractivity contribution in [3.05, 3.63) is 300 Å². The van der Waals surface area contributed by atoms with Gasteiger partial charge in [-0.25, -0.2) is 0 Å². The predicted octanol–water partition coefficient (Wildman–Crippen LogP) is 18.6. The van der Waals surface area contributed by atoms with Gasteiger partial charge >= 0.3 is 0 Å². The summed E-state index contributed by atoms with van der Waals surface area (Å²) in [6.45, 7) is 4.79. The first-order valence-electron chi connectivity index (χ1n) is 25.2. The summed E-state index contributed by atoms with van der Waals surface area (Å²) in [7, 11) is 0. The van der Waals surface area contributed by atoms with Gasteiger partial charge < -0.3 is 9.80 Å². The third kappa shape index (κ3) is 6.22. The van der Waals surface area contributed by atoms with Crippen LogP contribution in [0.2, 0.25) is 0 Å². The van der Waals surface area contributed by atoms with Gasteiger partial charge in [-0.15, -0.1) is 0 Å². The smallest absolute Gasteiger partial charge is 0.0727 e. The largest absolute Gasteiger partial charge is 0.310 e. The lowest BCUT2D eigenvalue weighted by Crippen LogP contribution is -2.27. The Hall–Kier alpha value is -8.98. The quantitative estimate of drug-likeness (QED) is 0.150. The topological polar surface area (TPSA) is 6.48 Å². The van der Waals surface area contributed by atoms with Gasteiger partial charge in [0.2, 0.25) is 0 Å². The number of rotatable bonds is 8. The minimum absolute atomic E-state index is 0.143. The molecule has 2 heteroatoms. The van der Waals surface area contributed by atoms with Crippen molar-refractivity contribution in [3.63, 3.8) is 0 Å². The molecule has 0 fully saturated rings. The molecule has 1 atom stereocenters. The number of hydrogen-bond acceptors (Lipinski definition) is 2. The Labute approximate surface area is 422 Å². The Balaban J connectivity index is 1.10. The molecular weight excluding hydrogens is 869 g/mol. The molecule has 0 saturated carbocycles. The number of hydrogen-bond donors (Lipinski definition) is 0. The second-order valence-corrected chi connectivity index (χ2v) is 20.0. The average molecular weight is 919 g/mol. The van der Waals surface area contributed by atoms with Crippen molar-refractivity contribution >= 4 is 34.1 Å². The van der Waals surface area contributed by atoms with E-state index in [1.54, 1.807) is 0 Å². The van der Waals surface area contributed by atoms with Crippen LogP contribution < -0.4 is 9.80 Å². The highest BCUT2D eigenvalue weighted by atomic mass is 15.2. The zero-order valence-corrected chi connectivity index (χ0v) is 40.3. The normalized spacial score (nSPS) is 15.0. The Morgan fingerprint density at radius 2 is 0.639 bits per heavy atom. The monoisotopic (exact) mass is 918 g/mol. The van der Waals surface area contributed by atoms with Crippen molar-refractivity contribution in [2.45, 2.75) is 24.7 Å². The molecule has 72 heavy (non-hydrogen) atoms. The van der Waals surface area contributed by atoms with E-state index in [2.05, 4.69) is 291 Å². The van der Waals surface area contributed by atoms with E-state index in [1.165, 1.54) is 89.0 Å². The average Bonchev–Trinajstić information content (AvgIpc) is 4.00. The SMILES string of the molecule is CC1(C)c2ccccc2-c2cc3c(cc21)-c1ccccc1C31c2ccccc2-c2c(N(c3ccccc3)c3ccc(-c4ccccc4)cc3)cc(N(c3ccccc3)c3ccc(-c4ccccc4)cc3)cc21. The van der Waals surface area contributed by atoms with Gasteiger partial charge in [0.05, 0.1) is 11.1 Å².